The van der Waals surface area contributed by atoms with Crippen LogP contribution in [0.25, 0.3) is 0 Å². The third-order valence-corrected chi connectivity index (χ3v) is 5.97. The predicted octanol–water partition coefficient (Wildman–Crippen LogP) is 2.62. The summed E-state index contributed by atoms with van der Waals surface area (Å²) < 4.78 is 32.9. The maximum atomic E-state index is 12.8. The molecular formula is C18H19NO5S. The molecule has 132 valence electrons. The normalized spacial score (nSPS) is 18.6. The summed E-state index contributed by atoms with van der Waals surface area (Å²) in [6, 6.07) is 14.7. The minimum atomic E-state index is -3.75. The lowest BCUT2D eigenvalue weighted by atomic mass is 10.1. The van der Waals surface area contributed by atoms with Crippen LogP contribution in [0.1, 0.15) is 23.2 Å². The van der Waals surface area contributed by atoms with E-state index in [-0.39, 0.29) is 23.1 Å². The predicted molar refractivity (Wildman–Crippen MR) is 92.3 cm³/mol. The van der Waals surface area contributed by atoms with Crippen LogP contribution >= 0.6 is 0 Å². The minimum absolute atomic E-state index is 0.00670. The summed E-state index contributed by atoms with van der Waals surface area (Å²) in [5.41, 5.74) is -0.0461. The maximum Gasteiger partial charge on any atom is 0.335 e. The van der Waals surface area contributed by atoms with Gasteiger partial charge in [0.25, 0.3) is 0 Å². The molecule has 2 aromatic rings. The number of aromatic carboxylic acids is 1. The summed E-state index contributed by atoms with van der Waals surface area (Å²) >= 11 is 0. The molecule has 0 aromatic heterocycles. The first-order valence-electron chi connectivity index (χ1n) is 8.02. The van der Waals surface area contributed by atoms with Crippen LogP contribution in [0, 0.1) is 0 Å². The van der Waals surface area contributed by atoms with Crippen molar-refractivity contribution in [1.29, 1.82) is 0 Å². The highest BCUT2D eigenvalue weighted by Crippen LogP contribution is 2.24. The first-order chi connectivity index (χ1) is 12.0. The van der Waals surface area contributed by atoms with Crippen molar-refractivity contribution in [3.63, 3.8) is 0 Å². The fraction of sp³-hybridized carbons (Fsp3) is 0.278. The molecule has 0 radical (unpaired) electrons. The summed E-state index contributed by atoms with van der Waals surface area (Å²) in [5.74, 6) is -0.444. The van der Waals surface area contributed by atoms with Crippen molar-refractivity contribution in [3.05, 3.63) is 60.2 Å². The molecule has 6 nitrogen and oxygen atoms in total. The molecular weight excluding hydrogens is 342 g/mol. The Morgan fingerprint density at radius 2 is 1.88 bits per heavy atom. The molecule has 0 aliphatic carbocycles. The molecule has 1 fully saturated rings. The van der Waals surface area contributed by atoms with Gasteiger partial charge in [-0.15, -0.1) is 0 Å². The first kappa shape index (κ1) is 17.4. The van der Waals surface area contributed by atoms with Crippen LogP contribution in [0.4, 0.5) is 0 Å². The van der Waals surface area contributed by atoms with Gasteiger partial charge in [0, 0.05) is 6.54 Å². The number of piperidine rings is 1. The molecule has 1 saturated heterocycles. The highest BCUT2D eigenvalue weighted by atomic mass is 32.2. The van der Waals surface area contributed by atoms with E-state index in [4.69, 9.17) is 9.84 Å². The average Bonchev–Trinajstić information content (AvgIpc) is 2.63. The number of nitrogens with zero attached hydrogens (tertiary/aromatic N) is 1. The van der Waals surface area contributed by atoms with E-state index in [1.54, 1.807) is 0 Å². The van der Waals surface area contributed by atoms with Gasteiger partial charge in [0.1, 0.15) is 11.9 Å². The molecule has 1 aliphatic heterocycles. The van der Waals surface area contributed by atoms with Crippen LogP contribution in [0.2, 0.25) is 0 Å². The lowest BCUT2D eigenvalue weighted by Crippen LogP contribution is -2.44. The molecule has 3 rings (SSSR count). The molecule has 2 aromatic carbocycles. The molecule has 0 saturated carbocycles. The smallest absolute Gasteiger partial charge is 0.335 e. The van der Waals surface area contributed by atoms with E-state index in [0.717, 1.165) is 6.42 Å². The third-order valence-electron chi connectivity index (χ3n) is 4.11. The number of para-hydroxylation sites is 1. The Labute approximate surface area is 146 Å². The fourth-order valence-corrected chi connectivity index (χ4v) is 4.41. The molecule has 0 bridgehead atoms. The second-order valence-electron chi connectivity index (χ2n) is 5.89. The van der Waals surface area contributed by atoms with Crippen molar-refractivity contribution in [2.45, 2.75) is 23.8 Å². The molecule has 1 aliphatic rings. The van der Waals surface area contributed by atoms with Gasteiger partial charge < -0.3 is 9.84 Å². The Morgan fingerprint density at radius 3 is 2.60 bits per heavy atom. The van der Waals surface area contributed by atoms with Crippen molar-refractivity contribution in [2.75, 3.05) is 13.1 Å². The second-order valence-corrected chi connectivity index (χ2v) is 7.83. The van der Waals surface area contributed by atoms with Crippen LogP contribution in [0.5, 0.6) is 5.75 Å². The zero-order valence-electron chi connectivity index (χ0n) is 13.5. The molecule has 7 heteroatoms. The monoisotopic (exact) mass is 361 g/mol. The summed E-state index contributed by atoms with van der Waals surface area (Å²) in [5, 5.41) is 9.06. The van der Waals surface area contributed by atoms with E-state index in [1.165, 1.54) is 28.6 Å². The Kier molecular flexibility index (Phi) is 5.06. The quantitative estimate of drug-likeness (QED) is 0.885. The molecule has 1 atom stereocenters. The maximum absolute atomic E-state index is 12.8. The zero-order valence-corrected chi connectivity index (χ0v) is 14.4. The van der Waals surface area contributed by atoms with Gasteiger partial charge in [-0.3, -0.25) is 0 Å². The first-order valence-corrected chi connectivity index (χ1v) is 9.46. The van der Waals surface area contributed by atoms with Crippen LogP contribution in [-0.2, 0) is 10.0 Å². The molecule has 1 N–H and O–H groups in total. The summed E-state index contributed by atoms with van der Waals surface area (Å²) in [6.45, 7) is 0.642. The zero-order chi connectivity index (χ0) is 17.9. The Hall–Kier alpha value is -2.38. The van der Waals surface area contributed by atoms with Crippen molar-refractivity contribution >= 4 is 16.0 Å². The van der Waals surface area contributed by atoms with Gasteiger partial charge in [-0.05, 0) is 43.2 Å². The highest BCUT2D eigenvalue weighted by molar-refractivity contribution is 7.89. The van der Waals surface area contributed by atoms with E-state index in [0.29, 0.717) is 18.7 Å². The number of ether oxygens (including phenoxy) is 1. The van der Waals surface area contributed by atoms with Gasteiger partial charge in [0.05, 0.1) is 17.0 Å². The largest absolute Gasteiger partial charge is 0.489 e. The van der Waals surface area contributed by atoms with Gasteiger partial charge in [-0.1, -0.05) is 24.3 Å². The number of carbonyl (C=O) groups is 1. The lowest BCUT2D eigenvalue weighted by Gasteiger charge is -2.32. The van der Waals surface area contributed by atoms with Crippen molar-refractivity contribution in [2.24, 2.45) is 0 Å². The Bertz CT molecular complexity index is 851. The number of carboxylic acids is 1. The van der Waals surface area contributed by atoms with E-state index in [9.17, 15) is 13.2 Å². The molecule has 0 spiro atoms. The number of hydrogen-bond donors (Lipinski definition) is 1. The van der Waals surface area contributed by atoms with Gasteiger partial charge in [0.2, 0.25) is 10.0 Å². The SMILES string of the molecule is O=C(O)c1cccc(S(=O)(=O)N2CCCC(Oc3ccccc3)C2)c1. The van der Waals surface area contributed by atoms with E-state index < -0.39 is 16.0 Å². The van der Waals surface area contributed by atoms with Crippen LogP contribution in [0.3, 0.4) is 0 Å². The summed E-state index contributed by atoms with van der Waals surface area (Å²) in [7, 11) is -3.75. The Morgan fingerprint density at radius 1 is 1.12 bits per heavy atom. The average molecular weight is 361 g/mol. The van der Waals surface area contributed by atoms with Crippen molar-refractivity contribution in [3.8, 4) is 5.75 Å². The number of carboxylic acid groups (broad SMARTS) is 1. The molecule has 25 heavy (non-hydrogen) atoms. The second kappa shape index (κ2) is 7.25. The van der Waals surface area contributed by atoms with E-state index >= 15 is 0 Å². The van der Waals surface area contributed by atoms with E-state index in [1.807, 2.05) is 30.3 Å². The van der Waals surface area contributed by atoms with Crippen molar-refractivity contribution < 1.29 is 23.1 Å². The third kappa shape index (κ3) is 4.00. The van der Waals surface area contributed by atoms with Gasteiger partial charge in [0.15, 0.2) is 0 Å². The number of hydrogen-bond acceptors (Lipinski definition) is 4. The lowest BCUT2D eigenvalue weighted by molar-refractivity contribution is 0.0696. The highest BCUT2D eigenvalue weighted by Gasteiger charge is 2.31. The minimum Gasteiger partial charge on any atom is -0.489 e. The topological polar surface area (TPSA) is 83.9 Å². The summed E-state index contributed by atoms with van der Waals surface area (Å²) in [6.07, 6.45) is 1.24. The van der Waals surface area contributed by atoms with Gasteiger partial charge in [-0.2, -0.15) is 4.31 Å². The number of benzene rings is 2. The van der Waals surface area contributed by atoms with E-state index in [2.05, 4.69) is 0 Å². The standard InChI is InChI=1S/C18H19NO5S/c20-18(21)14-6-4-10-17(12-14)25(22,23)19-11-5-9-16(13-19)24-15-7-2-1-3-8-15/h1-4,6-8,10,12,16H,5,9,11,13H2,(H,20,21). The number of rotatable bonds is 5. The van der Waals surface area contributed by atoms with Gasteiger partial charge >= 0.3 is 5.97 Å². The van der Waals surface area contributed by atoms with Crippen molar-refractivity contribution in [1.82, 2.24) is 4.31 Å². The fourth-order valence-electron chi connectivity index (χ4n) is 2.85. The summed E-state index contributed by atoms with van der Waals surface area (Å²) in [4.78, 5) is 11.1. The molecule has 1 unspecified atom stereocenters. The Balaban J connectivity index is 1.78. The molecule has 1 heterocycles. The molecule has 0 amide bonds. The van der Waals surface area contributed by atoms with Crippen LogP contribution < -0.4 is 4.74 Å². The van der Waals surface area contributed by atoms with Crippen LogP contribution in [-0.4, -0.2) is 43.0 Å². The number of sulfonamides is 1. The van der Waals surface area contributed by atoms with Crippen LogP contribution in [0.15, 0.2) is 59.5 Å². The van der Waals surface area contributed by atoms with Gasteiger partial charge in [-0.25, -0.2) is 13.2 Å².